The molecule has 1 aliphatic rings. The Hall–Kier alpha value is -0.970. The summed E-state index contributed by atoms with van der Waals surface area (Å²) in [5, 5.41) is 14.0. The molecule has 0 spiro atoms. The van der Waals surface area contributed by atoms with Gasteiger partial charge in [-0.1, -0.05) is 23.2 Å². The van der Waals surface area contributed by atoms with E-state index in [4.69, 9.17) is 23.2 Å². The molecule has 20 heavy (non-hydrogen) atoms. The van der Waals surface area contributed by atoms with Crippen molar-refractivity contribution in [2.24, 2.45) is 0 Å². The van der Waals surface area contributed by atoms with E-state index in [1.807, 2.05) is 4.90 Å². The predicted octanol–water partition coefficient (Wildman–Crippen LogP) is 2.80. The highest BCUT2D eigenvalue weighted by atomic mass is 35.5. The lowest BCUT2D eigenvalue weighted by molar-refractivity contribution is -0.129. The second-order valence-electron chi connectivity index (χ2n) is 5.06. The van der Waals surface area contributed by atoms with Crippen LogP contribution in [0, 0.1) is 0 Å². The molecule has 0 aromatic heterocycles. The number of carbonyl (C=O) groups excluding carboxylic acids is 1. The zero-order chi connectivity index (χ0) is 14.7. The number of piperidine rings is 1. The van der Waals surface area contributed by atoms with Crippen LogP contribution in [0.2, 0.25) is 10.0 Å². The van der Waals surface area contributed by atoms with Gasteiger partial charge >= 0.3 is 0 Å². The van der Waals surface area contributed by atoms with Gasteiger partial charge in [-0.05, 0) is 25.0 Å². The molecule has 1 heterocycles. The van der Waals surface area contributed by atoms with Crippen molar-refractivity contribution < 1.29 is 9.90 Å². The van der Waals surface area contributed by atoms with E-state index in [0.717, 1.165) is 25.9 Å². The number of aromatic hydroxyl groups is 1. The number of hydrogen-bond acceptors (Lipinski definition) is 3. The molecule has 4 nitrogen and oxygen atoms in total. The molecule has 110 valence electrons. The van der Waals surface area contributed by atoms with Crippen molar-refractivity contribution in [2.75, 3.05) is 13.1 Å². The minimum absolute atomic E-state index is 0.0738. The number of hydrogen-bond donors (Lipinski definition) is 2. The number of likely N-dealkylation sites (tertiary alicyclic amines) is 1. The number of halogens is 2. The van der Waals surface area contributed by atoms with Crippen LogP contribution < -0.4 is 5.32 Å². The number of benzene rings is 1. The smallest absolute Gasteiger partial charge is 0.219 e. The number of amides is 1. The molecule has 1 saturated heterocycles. The summed E-state index contributed by atoms with van der Waals surface area (Å²) in [6, 6.07) is 3.57. The summed E-state index contributed by atoms with van der Waals surface area (Å²) in [4.78, 5) is 13.1. The van der Waals surface area contributed by atoms with Gasteiger partial charge in [-0.3, -0.25) is 4.79 Å². The second-order valence-corrected chi connectivity index (χ2v) is 5.90. The van der Waals surface area contributed by atoms with E-state index in [2.05, 4.69) is 5.32 Å². The van der Waals surface area contributed by atoms with Gasteiger partial charge in [0, 0.05) is 43.2 Å². The molecule has 1 aliphatic heterocycles. The van der Waals surface area contributed by atoms with Crippen LogP contribution in [0.1, 0.15) is 25.3 Å². The lowest BCUT2D eigenvalue weighted by Gasteiger charge is -2.31. The second kappa shape index (κ2) is 6.66. The molecule has 1 aromatic rings. The van der Waals surface area contributed by atoms with Crippen molar-refractivity contribution in [1.82, 2.24) is 10.2 Å². The Balaban J connectivity index is 1.89. The topological polar surface area (TPSA) is 52.6 Å². The fourth-order valence-electron chi connectivity index (χ4n) is 2.41. The average Bonchev–Trinajstić information content (AvgIpc) is 2.41. The van der Waals surface area contributed by atoms with Gasteiger partial charge in [-0.2, -0.15) is 0 Å². The van der Waals surface area contributed by atoms with Crippen LogP contribution in [0.5, 0.6) is 5.75 Å². The first-order valence-electron chi connectivity index (χ1n) is 6.63. The van der Waals surface area contributed by atoms with E-state index in [9.17, 15) is 9.90 Å². The van der Waals surface area contributed by atoms with Crippen LogP contribution in [-0.2, 0) is 11.3 Å². The van der Waals surface area contributed by atoms with Crippen LogP contribution in [-0.4, -0.2) is 35.0 Å². The Labute approximate surface area is 128 Å². The summed E-state index contributed by atoms with van der Waals surface area (Å²) in [6.45, 7) is 3.65. The van der Waals surface area contributed by atoms with E-state index >= 15 is 0 Å². The average molecular weight is 317 g/mol. The minimum atomic E-state index is 0.0738. The SMILES string of the molecule is CC(=O)N1CCC(NCc2cc(Cl)cc(Cl)c2O)CC1. The standard InChI is InChI=1S/C14H18Cl2N2O2/c1-9(19)18-4-2-12(3-5-18)17-8-10-6-11(15)7-13(16)14(10)20/h6-7,12,17,20H,2-5,8H2,1H3. The van der Waals surface area contributed by atoms with Crippen molar-refractivity contribution >= 4 is 29.1 Å². The monoisotopic (exact) mass is 316 g/mol. The Morgan fingerprint density at radius 3 is 2.65 bits per heavy atom. The summed E-state index contributed by atoms with van der Waals surface area (Å²) in [7, 11) is 0. The molecular formula is C14H18Cl2N2O2. The number of phenolic OH excluding ortho intramolecular Hbond substituents is 1. The third-order valence-corrected chi connectivity index (χ3v) is 4.13. The molecular weight excluding hydrogens is 299 g/mol. The van der Waals surface area contributed by atoms with E-state index in [1.54, 1.807) is 13.0 Å². The van der Waals surface area contributed by atoms with Crippen LogP contribution >= 0.6 is 23.2 Å². The Morgan fingerprint density at radius 1 is 1.40 bits per heavy atom. The van der Waals surface area contributed by atoms with E-state index in [-0.39, 0.29) is 16.7 Å². The lowest BCUT2D eigenvalue weighted by atomic mass is 10.0. The molecule has 0 aliphatic carbocycles. The Kier molecular flexibility index (Phi) is 5.13. The fourth-order valence-corrected chi connectivity index (χ4v) is 2.94. The largest absolute Gasteiger partial charge is 0.506 e. The van der Waals surface area contributed by atoms with E-state index in [1.165, 1.54) is 6.07 Å². The Morgan fingerprint density at radius 2 is 2.05 bits per heavy atom. The van der Waals surface area contributed by atoms with Gasteiger partial charge in [-0.15, -0.1) is 0 Å². The zero-order valence-corrected chi connectivity index (χ0v) is 12.8. The molecule has 1 amide bonds. The van der Waals surface area contributed by atoms with E-state index < -0.39 is 0 Å². The van der Waals surface area contributed by atoms with Gasteiger partial charge in [0.2, 0.25) is 5.91 Å². The fraction of sp³-hybridized carbons (Fsp3) is 0.500. The summed E-state index contributed by atoms with van der Waals surface area (Å²) < 4.78 is 0. The van der Waals surface area contributed by atoms with Crippen LogP contribution in [0.15, 0.2) is 12.1 Å². The number of nitrogens with one attached hydrogen (secondary N) is 1. The summed E-state index contributed by atoms with van der Waals surface area (Å²) >= 11 is 11.8. The predicted molar refractivity (Wildman–Crippen MR) is 80.2 cm³/mol. The van der Waals surface area contributed by atoms with Crippen LogP contribution in [0.3, 0.4) is 0 Å². The first kappa shape index (κ1) is 15.4. The van der Waals surface area contributed by atoms with Gasteiger partial charge in [0.05, 0.1) is 5.02 Å². The molecule has 1 fully saturated rings. The maximum absolute atomic E-state index is 11.2. The first-order chi connectivity index (χ1) is 9.47. The van der Waals surface area contributed by atoms with Gasteiger partial charge in [-0.25, -0.2) is 0 Å². The number of carbonyl (C=O) groups is 1. The van der Waals surface area contributed by atoms with Crippen molar-refractivity contribution in [3.63, 3.8) is 0 Å². The highest BCUT2D eigenvalue weighted by Gasteiger charge is 2.20. The maximum Gasteiger partial charge on any atom is 0.219 e. The van der Waals surface area contributed by atoms with Crippen molar-refractivity contribution in [3.8, 4) is 5.75 Å². The quantitative estimate of drug-likeness (QED) is 0.901. The number of rotatable bonds is 3. The molecule has 1 aromatic carbocycles. The lowest BCUT2D eigenvalue weighted by Crippen LogP contribution is -2.43. The molecule has 0 atom stereocenters. The summed E-state index contributed by atoms with van der Waals surface area (Å²) in [6.07, 6.45) is 1.82. The van der Waals surface area contributed by atoms with Gasteiger partial charge in [0.15, 0.2) is 0 Å². The third kappa shape index (κ3) is 3.78. The Bertz CT molecular complexity index is 500. The zero-order valence-electron chi connectivity index (χ0n) is 11.3. The van der Waals surface area contributed by atoms with Gasteiger partial charge < -0.3 is 15.3 Å². The maximum atomic E-state index is 11.2. The van der Waals surface area contributed by atoms with Gasteiger partial charge in [0.25, 0.3) is 0 Å². The highest BCUT2D eigenvalue weighted by Crippen LogP contribution is 2.31. The molecule has 0 radical (unpaired) electrons. The van der Waals surface area contributed by atoms with Crippen molar-refractivity contribution in [1.29, 1.82) is 0 Å². The van der Waals surface area contributed by atoms with Crippen LogP contribution in [0.4, 0.5) is 0 Å². The normalized spacial score (nSPS) is 16.4. The highest BCUT2D eigenvalue weighted by molar-refractivity contribution is 6.35. The minimum Gasteiger partial charge on any atom is -0.506 e. The molecule has 0 saturated carbocycles. The molecule has 0 bridgehead atoms. The molecule has 6 heteroatoms. The number of nitrogens with zero attached hydrogens (tertiary/aromatic N) is 1. The molecule has 0 unspecified atom stereocenters. The van der Waals surface area contributed by atoms with Gasteiger partial charge in [0.1, 0.15) is 5.75 Å². The van der Waals surface area contributed by atoms with E-state index in [0.29, 0.717) is 23.2 Å². The summed E-state index contributed by atoms with van der Waals surface area (Å²) in [5.41, 5.74) is 0.691. The molecule has 2 N–H and O–H groups in total. The van der Waals surface area contributed by atoms with Crippen molar-refractivity contribution in [3.05, 3.63) is 27.7 Å². The molecule has 2 rings (SSSR count). The number of phenols is 1. The summed E-state index contributed by atoms with van der Waals surface area (Å²) in [5.74, 6) is 0.201. The third-order valence-electron chi connectivity index (χ3n) is 3.63. The van der Waals surface area contributed by atoms with Crippen LogP contribution in [0.25, 0.3) is 0 Å². The first-order valence-corrected chi connectivity index (χ1v) is 7.38. The van der Waals surface area contributed by atoms with Crippen molar-refractivity contribution in [2.45, 2.75) is 32.4 Å².